The Morgan fingerprint density at radius 3 is 2.55 bits per heavy atom. The lowest BCUT2D eigenvalue weighted by Crippen LogP contribution is -2.48. The molecule has 0 aromatic heterocycles. The molecule has 5 heteroatoms. The van der Waals surface area contributed by atoms with Crippen LogP contribution >= 0.6 is 12.4 Å². The van der Waals surface area contributed by atoms with Crippen LogP contribution < -0.4 is 11.1 Å². The van der Waals surface area contributed by atoms with Crippen molar-refractivity contribution in [2.75, 3.05) is 25.0 Å². The zero-order chi connectivity index (χ0) is 15.4. The van der Waals surface area contributed by atoms with Crippen LogP contribution in [0.1, 0.15) is 38.7 Å². The van der Waals surface area contributed by atoms with E-state index in [1.54, 1.807) is 0 Å². The van der Waals surface area contributed by atoms with Crippen LogP contribution in [0.15, 0.2) is 24.3 Å². The molecule has 1 aromatic rings. The number of anilines is 1. The predicted octanol–water partition coefficient (Wildman–Crippen LogP) is 2.84. The highest BCUT2D eigenvalue weighted by Gasteiger charge is 2.24. The number of halogens is 1. The zero-order valence-corrected chi connectivity index (χ0v) is 14.5. The minimum atomic E-state index is 0. The molecule has 0 aliphatic carbocycles. The van der Waals surface area contributed by atoms with E-state index in [-0.39, 0.29) is 24.4 Å². The highest BCUT2D eigenvalue weighted by atomic mass is 35.5. The molecule has 0 bridgehead atoms. The van der Waals surface area contributed by atoms with Gasteiger partial charge in [-0.3, -0.25) is 9.69 Å². The van der Waals surface area contributed by atoms with Crippen LogP contribution in [0.3, 0.4) is 0 Å². The number of hydrogen-bond donors (Lipinski definition) is 2. The topological polar surface area (TPSA) is 58.4 Å². The fourth-order valence-electron chi connectivity index (χ4n) is 2.75. The number of piperidine rings is 1. The van der Waals surface area contributed by atoms with Gasteiger partial charge < -0.3 is 11.1 Å². The van der Waals surface area contributed by atoms with Crippen LogP contribution in [-0.4, -0.2) is 36.5 Å². The van der Waals surface area contributed by atoms with E-state index < -0.39 is 0 Å². The molecule has 0 saturated carbocycles. The molecule has 1 aliphatic heterocycles. The second kappa shape index (κ2) is 8.51. The molecule has 1 saturated heterocycles. The van der Waals surface area contributed by atoms with Gasteiger partial charge in [-0.05, 0) is 36.0 Å². The number of likely N-dealkylation sites (tertiary alicyclic amines) is 1. The molecule has 2 atom stereocenters. The van der Waals surface area contributed by atoms with E-state index >= 15 is 0 Å². The van der Waals surface area contributed by atoms with Gasteiger partial charge in [-0.15, -0.1) is 12.4 Å². The highest BCUT2D eigenvalue weighted by molar-refractivity contribution is 5.92. The normalized spacial score (nSPS) is 22.2. The fraction of sp³-hybridized carbons (Fsp3) is 0.588. The molecule has 1 fully saturated rings. The lowest BCUT2D eigenvalue weighted by atomic mass is 9.95. The molecule has 124 valence electrons. The number of carbonyl (C=O) groups excluding carboxylic acids is 1. The van der Waals surface area contributed by atoms with Gasteiger partial charge in [0.05, 0.1) is 6.54 Å². The molecule has 22 heavy (non-hydrogen) atoms. The maximum atomic E-state index is 12.1. The van der Waals surface area contributed by atoms with Crippen molar-refractivity contribution in [3.63, 3.8) is 0 Å². The van der Waals surface area contributed by atoms with Crippen molar-refractivity contribution in [2.45, 2.75) is 39.2 Å². The molecule has 1 heterocycles. The number of hydrogen-bond acceptors (Lipinski definition) is 3. The van der Waals surface area contributed by atoms with Crippen molar-refractivity contribution >= 4 is 24.0 Å². The first kappa shape index (κ1) is 18.9. The summed E-state index contributed by atoms with van der Waals surface area (Å²) in [6.45, 7) is 8.74. The summed E-state index contributed by atoms with van der Waals surface area (Å²) in [7, 11) is 0. The molecular weight excluding hydrogens is 298 g/mol. The molecule has 3 N–H and O–H groups in total. The van der Waals surface area contributed by atoms with E-state index in [1.807, 2.05) is 12.1 Å². The summed E-state index contributed by atoms with van der Waals surface area (Å²) in [6, 6.07) is 8.36. The summed E-state index contributed by atoms with van der Waals surface area (Å²) in [5, 5.41) is 2.97. The smallest absolute Gasteiger partial charge is 0.238 e. The molecule has 1 amide bonds. The molecule has 0 radical (unpaired) electrons. The Bertz CT molecular complexity index is 475. The molecular formula is C17H28ClN3O. The zero-order valence-electron chi connectivity index (χ0n) is 13.7. The third-order valence-corrected chi connectivity index (χ3v) is 4.28. The van der Waals surface area contributed by atoms with Gasteiger partial charge in [0, 0.05) is 24.8 Å². The summed E-state index contributed by atoms with van der Waals surface area (Å²) >= 11 is 0. The summed E-state index contributed by atoms with van der Waals surface area (Å²) in [5.74, 6) is 1.01. The molecule has 4 nitrogen and oxygen atoms in total. The number of amides is 1. The standard InChI is InChI=1S/C17H27N3O.ClH/c1-12(2)14-4-6-15(7-5-14)19-17(21)11-20-9-8-16(18)13(3)10-20;/h4-7,12-13,16H,8-11,18H2,1-3H3,(H,19,21);1H. The van der Waals surface area contributed by atoms with Crippen molar-refractivity contribution in [2.24, 2.45) is 11.7 Å². The number of benzene rings is 1. The summed E-state index contributed by atoms with van der Waals surface area (Å²) < 4.78 is 0. The molecule has 1 aliphatic rings. The number of carbonyl (C=O) groups is 1. The Labute approximate surface area is 139 Å². The van der Waals surface area contributed by atoms with Crippen LogP contribution in [0.2, 0.25) is 0 Å². The maximum Gasteiger partial charge on any atom is 0.238 e. The van der Waals surface area contributed by atoms with Gasteiger partial charge >= 0.3 is 0 Å². The van der Waals surface area contributed by atoms with Crippen molar-refractivity contribution in [3.05, 3.63) is 29.8 Å². The SMILES string of the molecule is CC(C)c1ccc(NC(=O)CN2CCC(N)C(C)C2)cc1.Cl. The Morgan fingerprint density at radius 2 is 2.00 bits per heavy atom. The predicted molar refractivity (Wildman–Crippen MR) is 94.6 cm³/mol. The van der Waals surface area contributed by atoms with Gasteiger partial charge in [-0.1, -0.05) is 32.9 Å². The van der Waals surface area contributed by atoms with Crippen LogP contribution in [0.5, 0.6) is 0 Å². The summed E-state index contributed by atoms with van der Waals surface area (Å²) in [4.78, 5) is 14.3. The number of nitrogens with one attached hydrogen (secondary N) is 1. The third-order valence-electron chi connectivity index (χ3n) is 4.28. The largest absolute Gasteiger partial charge is 0.327 e. The second-order valence-corrected chi connectivity index (χ2v) is 6.49. The van der Waals surface area contributed by atoms with Crippen molar-refractivity contribution in [1.82, 2.24) is 4.90 Å². The van der Waals surface area contributed by atoms with E-state index in [9.17, 15) is 4.79 Å². The summed E-state index contributed by atoms with van der Waals surface area (Å²) in [5.41, 5.74) is 8.16. The fourth-order valence-corrected chi connectivity index (χ4v) is 2.75. The Hall–Kier alpha value is -1.10. The van der Waals surface area contributed by atoms with Crippen LogP contribution in [0, 0.1) is 5.92 Å². The quantitative estimate of drug-likeness (QED) is 0.895. The average Bonchev–Trinajstić information content (AvgIpc) is 2.43. The monoisotopic (exact) mass is 325 g/mol. The summed E-state index contributed by atoms with van der Waals surface area (Å²) in [6.07, 6.45) is 0.970. The first-order chi connectivity index (χ1) is 9.95. The van der Waals surface area contributed by atoms with Gasteiger partial charge in [0.25, 0.3) is 0 Å². The first-order valence-electron chi connectivity index (χ1n) is 7.83. The number of nitrogens with two attached hydrogens (primary N) is 1. The van der Waals surface area contributed by atoms with Crippen molar-refractivity contribution < 1.29 is 4.79 Å². The van der Waals surface area contributed by atoms with Gasteiger partial charge in [0.2, 0.25) is 5.91 Å². The Kier molecular flexibility index (Phi) is 7.33. The first-order valence-corrected chi connectivity index (χ1v) is 7.83. The molecule has 1 aromatic carbocycles. The molecule has 2 rings (SSSR count). The van der Waals surface area contributed by atoms with E-state index in [0.717, 1.165) is 25.2 Å². The van der Waals surface area contributed by atoms with Crippen LogP contribution in [0.25, 0.3) is 0 Å². The van der Waals surface area contributed by atoms with Crippen molar-refractivity contribution in [1.29, 1.82) is 0 Å². The minimum absolute atomic E-state index is 0. The van der Waals surface area contributed by atoms with Crippen molar-refractivity contribution in [3.8, 4) is 0 Å². The van der Waals surface area contributed by atoms with Gasteiger partial charge in [0.15, 0.2) is 0 Å². The molecule has 2 unspecified atom stereocenters. The lowest BCUT2D eigenvalue weighted by molar-refractivity contribution is -0.117. The van der Waals surface area contributed by atoms with E-state index in [4.69, 9.17) is 5.73 Å². The third kappa shape index (κ3) is 5.27. The second-order valence-electron chi connectivity index (χ2n) is 6.49. The number of rotatable bonds is 4. The molecule has 0 spiro atoms. The average molecular weight is 326 g/mol. The minimum Gasteiger partial charge on any atom is -0.327 e. The number of nitrogens with zero attached hydrogens (tertiary/aromatic N) is 1. The highest BCUT2D eigenvalue weighted by Crippen LogP contribution is 2.18. The Morgan fingerprint density at radius 1 is 1.36 bits per heavy atom. The lowest BCUT2D eigenvalue weighted by Gasteiger charge is -2.34. The Balaban J connectivity index is 0.00000242. The van der Waals surface area contributed by atoms with Crippen LogP contribution in [0.4, 0.5) is 5.69 Å². The maximum absolute atomic E-state index is 12.1. The van der Waals surface area contributed by atoms with E-state index in [1.165, 1.54) is 5.56 Å². The van der Waals surface area contributed by atoms with Gasteiger partial charge in [0.1, 0.15) is 0 Å². The van der Waals surface area contributed by atoms with Gasteiger partial charge in [-0.2, -0.15) is 0 Å². The van der Waals surface area contributed by atoms with Crippen LogP contribution in [-0.2, 0) is 4.79 Å². The van der Waals surface area contributed by atoms with Gasteiger partial charge in [-0.25, -0.2) is 0 Å². The van der Waals surface area contributed by atoms with E-state index in [0.29, 0.717) is 18.4 Å². The van der Waals surface area contributed by atoms with E-state index in [2.05, 4.69) is 43.1 Å².